The minimum absolute atomic E-state index is 0.0929. The van der Waals surface area contributed by atoms with Crippen molar-refractivity contribution in [1.29, 1.82) is 0 Å². The number of rotatable bonds is 7. The van der Waals surface area contributed by atoms with E-state index in [9.17, 15) is 8.42 Å². The van der Waals surface area contributed by atoms with Crippen LogP contribution in [-0.2, 0) is 10.0 Å². The normalized spacial score (nSPS) is 12.1. The van der Waals surface area contributed by atoms with Gasteiger partial charge in [0.1, 0.15) is 0 Å². The monoisotopic (exact) mass is 287 g/mol. The second kappa shape index (κ2) is 6.80. The van der Waals surface area contributed by atoms with Gasteiger partial charge < -0.3 is 10.3 Å². The first kappa shape index (κ1) is 15.8. The molecule has 8 heteroatoms. The number of nitrogen functional groups attached to an aromatic ring is 1. The molecule has 0 atom stereocenters. The van der Waals surface area contributed by atoms with Crippen LogP contribution in [0.25, 0.3) is 0 Å². The van der Waals surface area contributed by atoms with Crippen LogP contribution in [0.1, 0.15) is 13.8 Å². The van der Waals surface area contributed by atoms with Crippen molar-refractivity contribution in [2.24, 2.45) is 5.84 Å². The summed E-state index contributed by atoms with van der Waals surface area (Å²) in [5.74, 6) is 5.27. The second-order valence-electron chi connectivity index (χ2n) is 4.47. The molecule has 0 fully saturated rings. The van der Waals surface area contributed by atoms with E-state index >= 15 is 0 Å². The van der Waals surface area contributed by atoms with E-state index in [1.165, 1.54) is 6.20 Å². The molecule has 0 saturated heterocycles. The molecule has 19 heavy (non-hydrogen) atoms. The smallest absolute Gasteiger partial charge is 0.260 e. The van der Waals surface area contributed by atoms with Crippen molar-refractivity contribution < 1.29 is 8.42 Å². The Morgan fingerprint density at radius 2 is 2.16 bits per heavy atom. The Morgan fingerprint density at radius 1 is 1.47 bits per heavy atom. The third-order valence-electron chi connectivity index (χ3n) is 2.82. The van der Waals surface area contributed by atoms with E-state index in [2.05, 4.69) is 15.1 Å². The van der Waals surface area contributed by atoms with Gasteiger partial charge in [-0.05, 0) is 33.0 Å². The molecule has 0 aliphatic carbocycles. The van der Waals surface area contributed by atoms with Crippen LogP contribution in [0, 0.1) is 0 Å². The van der Waals surface area contributed by atoms with Crippen LogP contribution in [-0.4, -0.2) is 44.5 Å². The lowest BCUT2D eigenvalue weighted by Crippen LogP contribution is -2.36. The fourth-order valence-corrected chi connectivity index (χ4v) is 2.51. The molecule has 1 rings (SSSR count). The number of aromatic nitrogens is 1. The highest BCUT2D eigenvalue weighted by atomic mass is 32.2. The second-order valence-corrected chi connectivity index (χ2v) is 6.15. The fourth-order valence-electron chi connectivity index (χ4n) is 1.40. The summed E-state index contributed by atoms with van der Waals surface area (Å²) in [7, 11) is -1.72. The van der Waals surface area contributed by atoms with Gasteiger partial charge in [-0.1, -0.05) is 0 Å². The minimum atomic E-state index is -3.65. The summed E-state index contributed by atoms with van der Waals surface area (Å²) in [4.78, 5) is 5.89. The van der Waals surface area contributed by atoms with E-state index in [0.29, 0.717) is 19.1 Å². The maximum Gasteiger partial charge on any atom is 0.260 e. The van der Waals surface area contributed by atoms with E-state index < -0.39 is 10.0 Å². The highest BCUT2D eigenvalue weighted by molar-refractivity contribution is 7.89. The molecule has 0 spiro atoms. The average molecular weight is 287 g/mol. The number of hydrogen-bond acceptors (Lipinski definition) is 6. The predicted molar refractivity (Wildman–Crippen MR) is 75.0 cm³/mol. The van der Waals surface area contributed by atoms with Crippen molar-refractivity contribution in [2.75, 3.05) is 25.6 Å². The molecule has 0 aliphatic heterocycles. The van der Waals surface area contributed by atoms with Crippen molar-refractivity contribution in [2.45, 2.75) is 24.9 Å². The molecule has 108 valence electrons. The Kier molecular flexibility index (Phi) is 5.67. The van der Waals surface area contributed by atoms with Crippen LogP contribution in [0.5, 0.6) is 0 Å². The number of pyridine rings is 1. The van der Waals surface area contributed by atoms with Gasteiger partial charge in [-0.2, -0.15) is 0 Å². The first-order valence-electron chi connectivity index (χ1n) is 6.00. The largest absolute Gasteiger partial charge is 0.321 e. The van der Waals surface area contributed by atoms with E-state index in [1.54, 1.807) is 12.1 Å². The third-order valence-corrected chi connectivity index (χ3v) is 4.24. The number of likely N-dealkylation sites (N-methyl/N-ethyl adjacent to an activating group) is 1. The lowest BCUT2D eigenvalue weighted by molar-refractivity contribution is 0.278. The number of nitrogens with zero attached hydrogens (tertiary/aromatic N) is 2. The molecule has 0 radical (unpaired) electrons. The standard InChI is InChI=1S/C11H21N5O2S/c1-9(2)16(3)8-7-14-19(17,18)11-10(15-12)5-4-6-13-11/h4-6,9,14-15H,7-8,12H2,1-3H3. The third kappa shape index (κ3) is 4.43. The van der Waals surface area contributed by atoms with Gasteiger partial charge in [0.25, 0.3) is 10.0 Å². The quantitative estimate of drug-likeness (QED) is 0.481. The van der Waals surface area contributed by atoms with E-state index in [4.69, 9.17) is 5.84 Å². The van der Waals surface area contributed by atoms with Crippen LogP contribution in [0.3, 0.4) is 0 Å². The molecule has 0 amide bonds. The molecule has 0 bridgehead atoms. The van der Waals surface area contributed by atoms with Gasteiger partial charge in [-0.25, -0.2) is 18.1 Å². The summed E-state index contributed by atoms with van der Waals surface area (Å²) < 4.78 is 26.7. The Balaban J connectivity index is 2.71. The minimum Gasteiger partial charge on any atom is -0.321 e. The molecular weight excluding hydrogens is 266 g/mol. The lowest BCUT2D eigenvalue weighted by atomic mass is 10.3. The Hall–Kier alpha value is -1.22. The highest BCUT2D eigenvalue weighted by Gasteiger charge is 2.19. The molecule has 0 unspecified atom stereocenters. The van der Waals surface area contributed by atoms with Crippen molar-refractivity contribution in [3.63, 3.8) is 0 Å². The van der Waals surface area contributed by atoms with Crippen LogP contribution in [0.2, 0.25) is 0 Å². The van der Waals surface area contributed by atoms with Gasteiger partial charge in [0.05, 0.1) is 5.69 Å². The average Bonchev–Trinajstić information content (AvgIpc) is 2.38. The van der Waals surface area contributed by atoms with Crippen molar-refractivity contribution in [1.82, 2.24) is 14.6 Å². The number of sulfonamides is 1. The summed E-state index contributed by atoms with van der Waals surface area (Å²) in [5, 5.41) is -0.0929. The Labute approximate surface area is 114 Å². The molecule has 0 aliphatic rings. The van der Waals surface area contributed by atoms with Crippen molar-refractivity contribution in [3.05, 3.63) is 18.3 Å². The molecule has 4 N–H and O–H groups in total. The first-order valence-corrected chi connectivity index (χ1v) is 7.48. The summed E-state index contributed by atoms with van der Waals surface area (Å²) in [6.45, 7) is 5.03. The van der Waals surface area contributed by atoms with Gasteiger partial charge in [0, 0.05) is 25.3 Å². The molecule has 7 nitrogen and oxygen atoms in total. The van der Waals surface area contributed by atoms with E-state index in [0.717, 1.165) is 0 Å². The number of hydrazine groups is 1. The molecule has 1 aromatic heterocycles. The van der Waals surface area contributed by atoms with Gasteiger partial charge in [0.15, 0.2) is 5.03 Å². The first-order chi connectivity index (χ1) is 8.88. The van der Waals surface area contributed by atoms with Gasteiger partial charge in [-0.3, -0.25) is 5.84 Å². The zero-order valence-electron chi connectivity index (χ0n) is 11.4. The maximum atomic E-state index is 12.1. The van der Waals surface area contributed by atoms with Gasteiger partial charge in [-0.15, -0.1) is 0 Å². The topological polar surface area (TPSA) is 100 Å². The zero-order chi connectivity index (χ0) is 14.5. The summed E-state index contributed by atoms with van der Waals surface area (Å²) in [6.07, 6.45) is 1.41. The lowest BCUT2D eigenvalue weighted by Gasteiger charge is -2.20. The molecule has 0 aromatic carbocycles. The van der Waals surface area contributed by atoms with Crippen LogP contribution in [0.4, 0.5) is 5.69 Å². The van der Waals surface area contributed by atoms with Crippen molar-refractivity contribution >= 4 is 15.7 Å². The van der Waals surface area contributed by atoms with E-state index in [-0.39, 0.29) is 10.7 Å². The number of hydrogen-bond donors (Lipinski definition) is 3. The van der Waals surface area contributed by atoms with Crippen molar-refractivity contribution in [3.8, 4) is 0 Å². The molecule has 1 heterocycles. The summed E-state index contributed by atoms with van der Waals surface area (Å²) in [6, 6.07) is 3.53. The van der Waals surface area contributed by atoms with Gasteiger partial charge in [0.2, 0.25) is 0 Å². The Bertz CT molecular complexity index is 504. The molecule has 0 saturated carbocycles. The maximum absolute atomic E-state index is 12.1. The fraction of sp³-hybridized carbons (Fsp3) is 0.545. The number of anilines is 1. The SMILES string of the molecule is CC(C)N(C)CCNS(=O)(=O)c1ncccc1NN. The van der Waals surface area contributed by atoms with Crippen LogP contribution < -0.4 is 16.0 Å². The zero-order valence-corrected chi connectivity index (χ0v) is 12.2. The van der Waals surface area contributed by atoms with E-state index in [1.807, 2.05) is 25.8 Å². The number of nitrogens with two attached hydrogens (primary N) is 1. The molecule has 1 aromatic rings. The summed E-state index contributed by atoms with van der Waals surface area (Å²) >= 11 is 0. The number of nitrogens with one attached hydrogen (secondary N) is 2. The Morgan fingerprint density at radius 3 is 2.74 bits per heavy atom. The van der Waals surface area contributed by atoms with Gasteiger partial charge >= 0.3 is 0 Å². The summed E-state index contributed by atoms with van der Waals surface area (Å²) in [5.41, 5.74) is 2.60. The molecular formula is C11H21N5O2S. The highest BCUT2D eigenvalue weighted by Crippen LogP contribution is 2.15. The predicted octanol–water partition coefficient (Wildman–Crippen LogP) is -0.0143. The van der Waals surface area contributed by atoms with Crippen LogP contribution >= 0.6 is 0 Å². The van der Waals surface area contributed by atoms with Crippen LogP contribution in [0.15, 0.2) is 23.4 Å².